The van der Waals surface area contributed by atoms with Crippen LogP contribution in [0.5, 0.6) is 5.75 Å². The van der Waals surface area contributed by atoms with Gasteiger partial charge >= 0.3 is 0 Å². The van der Waals surface area contributed by atoms with E-state index in [-0.39, 0.29) is 17.5 Å². The Bertz CT molecular complexity index is 499. The van der Waals surface area contributed by atoms with Crippen LogP contribution in [0.3, 0.4) is 0 Å². The molecule has 0 aliphatic carbocycles. The Hall–Kier alpha value is -1.62. The van der Waals surface area contributed by atoms with Gasteiger partial charge in [0.1, 0.15) is 0 Å². The molecule has 2 rings (SSSR count). The molecule has 1 N–H and O–H groups in total. The molecule has 0 spiro atoms. The molecule has 0 atom stereocenters. The Morgan fingerprint density at radius 1 is 1.41 bits per heavy atom. The van der Waals surface area contributed by atoms with Crippen LogP contribution in [0.4, 0.5) is 4.39 Å². The molecule has 5 heteroatoms. The molecule has 1 aromatic carbocycles. The maximum atomic E-state index is 13.6. The van der Waals surface area contributed by atoms with Crippen LogP contribution in [-0.2, 0) is 11.2 Å². The number of ether oxygens (including phenoxy) is 1. The third-order valence-electron chi connectivity index (χ3n) is 4.30. The largest absolute Gasteiger partial charge is 0.494 e. The lowest BCUT2D eigenvalue weighted by molar-refractivity contribution is -0.132. The van der Waals surface area contributed by atoms with Crippen molar-refractivity contribution in [3.8, 4) is 5.75 Å². The van der Waals surface area contributed by atoms with Crippen molar-refractivity contribution >= 4 is 5.91 Å². The topological polar surface area (TPSA) is 41.6 Å². The molecule has 0 bridgehead atoms. The van der Waals surface area contributed by atoms with E-state index in [0.717, 1.165) is 38.0 Å². The maximum absolute atomic E-state index is 13.6. The number of aryl methyl sites for hydroxylation is 1. The second-order valence-electron chi connectivity index (χ2n) is 5.85. The minimum absolute atomic E-state index is 0.166. The number of carbonyl (C=O) groups is 1. The van der Waals surface area contributed by atoms with Crippen LogP contribution in [0.25, 0.3) is 0 Å². The summed E-state index contributed by atoms with van der Waals surface area (Å²) in [5.41, 5.74) is 0.830. The maximum Gasteiger partial charge on any atom is 0.222 e. The SMILES string of the molecule is CNCC1CCN(C(=O)CCc2ccc(OC)c(F)c2)CC1. The highest BCUT2D eigenvalue weighted by Crippen LogP contribution is 2.20. The molecule has 0 unspecified atom stereocenters. The summed E-state index contributed by atoms with van der Waals surface area (Å²) < 4.78 is 18.5. The van der Waals surface area contributed by atoms with Gasteiger partial charge in [-0.3, -0.25) is 4.79 Å². The molecule has 1 aliphatic heterocycles. The monoisotopic (exact) mass is 308 g/mol. The zero-order chi connectivity index (χ0) is 15.9. The highest BCUT2D eigenvalue weighted by Gasteiger charge is 2.22. The molecule has 4 nitrogen and oxygen atoms in total. The third kappa shape index (κ3) is 4.44. The van der Waals surface area contributed by atoms with Crippen LogP contribution in [0.1, 0.15) is 24.8 Å². The van der Waals surface area contributed by atoms with Crippen molar-refractivity contribution in [1.82, 2.24) is 10.2 Å². The van der Waals surface area contributed by atoms with E-state index in [1.165, 1.54) is 13.2 Å². The summed E-state index contributed by atoms with van der Waals surface area (Å²) in [6, 6.07) is 4.87. The number of carbonyl (C=O) groups excluding carboxylic acids is 1. The number of methoxy groups -OCH3 is 1. The summed E-state index contributed by atoms with van der Waals surface area (Å²) in [6.45, 7) is 2.69. The fourth-order valence-corrected chi connectivity index (χ4v) is 2.95. The average molecular weight is 308 g/mol. The molecule has 0 radical (unpaired) electrons. The first-order valence-corrected chi connectivity index (χ1v) is 7.88. The van der Waals surface area contributed by atoms with E-state index >= 15 is 0 Å². The summed E-state index contributed by atoms with van der Waals surface area (Å²) >= 11 is 0. The van der Waals surface area contributed by atoms with Crippen LogP contribution in [0, 0.1) is 11.7 Å². The van der Waals surface area contributed by atoms with Crippen molar-refractivity contribution in [3.63, 3.8) is 0 Å². The van der Waals surface area contributed by atoms with Crippen LogP contribution < -0.4 is 10.1 Å². The first-order chi connectivity index (χ1) is 10.6. The van der Waals surface area contributed by atoms with E-state index in [0.29, 0.717) is 18.8 Å². The summed E-state index contributed by atoms with van der Waals surface area (Å²) in [5.74, 6) is 0.700. The number of nitrogens with one attached hydrogen (secondary N) is 1. The molecular weight excluding hydrogens is 283 g/mol. The number of amides is 1. The van der Waals surface area contributed by atoms with Crippen molar-refractivity contribution in [2.24, 2.45) is 5.92 Å². The first kappa shape index (κ1) is 16.7. The van der Waals surface area contributed by atoms with Crippen molar-refractivity contribution in [3.05, 3.63) is 29.6 Å². The van der Waals surface area contributed by atoms with Crippen LogP contribution >= 0.6 is 0 Å². The molecule has 1 fully saturated rings. The fourth-order valence-electron chi connectivity index (χ4n) is 2.95. The smallest absolute Gasteiger partial charge is 0.222 e. The van der Waals surface area contributed by atoms with Crippen molar-refractivity contribution in [2.75, 3.05) is 33.8 Å². The number of likely N-dealkylation sites (tertiary alicyclic amines) is 1. The van der Waals surface area contributed by atoms with Crippen LogP contribution in [0.2, 0.25) is 0 Å². The number of hydrogen-bond donors (Lipinski definition) is 1. The zero-order valence-electron chi connectivity index (χ0n) is 13.4. The first-order valence-electron chi connectivity index (χ1n) is 7.88. The Kier molecular flexibility index (Phi) is 6.19. The van der Waals surface area contributed by atoms with Gasteiger partial charge in [0, 0.05) is 19.5 Å². The van der Waals surface area contributed by atoms with E-state index in [4.69, 9.17) is 4.74 Å². The standard InChI is InChI=1S/C17H25FN2O2/c1-19-12-14-7-9-20(10-8-14)17(21)6-4-13-3-5-16(22-2)15(18)11-13/h3,5,11,14,19H,4,6-10,12H2,1-2H3. The number of hydrogen-bond acceptors (Lipinski definition) is 3. The van der Waals surface area contributed by atoms with E-state index < -0.39 is 0 Å². The van der Waals surface area contributed by atoms with E-state index in [1.807, 2.05) is 18.0 Å². The Morgan fingerprint density at radius 3 is 2.73 bits per heavy atom. The van der Waals surface area contributed by atoms with Gasteiger partial charge in [0.25, 0.3) is 0 Å². The highest BCUT2D eigenvalue weighted by molar-refractivity contribution is 5.76. The lowest BCUT2D eigenvalue weighted by Gasteiger charge is -2.32. The van der Waals surface area contributed by atoms with Gasteiger partial charge in [-0.2, -0.15) is 0 Å². The molecule has 1 aromatic rings. The van der Waals surface area contributed by atoms with Gasteiger partial charge in [-0.05, 0) is 56.5 Å². The summed E-state index contributed by atoms with van der Waals surface area (Å²) in [6.07, 6.45) is 3.12. The summed E-state index contributed by atoms with van der Waals surface area (Å²) in [7, 11) is 3.41. The van der Waals surface area contributed by atoms with Gasteiger partial charge in [0.05, 0.1) is 7.11 Å². The minimum Gasteiger partial charge on any atom is -0.494 e. The fraction of sp³-hybridized carbons (Fsp3) is 0.588. The third-order valence-corrected chi connectivity index (χ3v) is 4.30. The van der Waals surface area contributed by atoms with Gasteiger partial charge < -0.3 is 15.0 Å². The van der Waals surface area contributed by atoms with Gasteiger partial charge in [-0.15, -0.1) is 0 Å². The van der Waals surface area contributed by atoms with E-state index in [2.05, 4.69) is 5.32 Å². The molecule has 1 saturated heterocycles. The molecule has 0 aromatic heterocycles. The van der Waals surface area contributed by atoms with Crippen LogP contribution in [0.15, 0.2) is 18.2 Å². The summed E-state index contributed by atoms with van der Waals surface area (Å²) in [4.78, 5) is 14.2. The lowest BCUT2D eigenvalue weighted by atomic mass is 9.96. The number of piperidine rings is 1. The van der Waals surface area contributed by atoms with Gasteiger partial charge in [-0.25, -0.2) is 4.39 Å². The number of benzene rings is 1. The summed E-state index contributed by atoms with van der Waals surface area (Å²) in [5, 5.41) is 3.19. The van der Waals surface area contributed by atoms with Crippen LogP contribution in [-0.4, -0.2) is 44.6 Å². The van der Waals surface area contributed by atoms with E-state index in [1.54, 1.807) is 6.07 Å². The second-order valence-corrected chi connectivity index (χ2v) is 5.85. The Labute approximate surface area is 131 Å². The molecule has 1 heterocycles. The molecule has 122 valence electrons. The highest BCUT2D eigenvalue weighted by atomic mass is 19.1. The Balaban J connectivity index is 1.79. The van der Waals surface area contributed by atoms with Crippen molar-refractivity contribution in [2.45, 2.75) is 25.7 Å². The number of nitrogens with zero attached hydrogens (tertiary/aromatic N) is 1. The Morgan fingerprint density at radius 2 is 2.14 bits per heavy atom. The molecule has 1 aliphatic rings. The second kappa shape index (κ2) is 8.13. The minimum atomic E-state index is -0.375. The zero-order valence-corrected chi connectivity index (χ0v) is 13.4. The van der Waals surface area contributed by atoms with E-state index in [9.17, 15) is 9.18 Å². The average Bonchev–Trinajstić information content (AvgIpc) is 2.54. The van der Waals surface area contributed by atoms with Gasteiger partial charge in [-0.1, -0.05) is 6.07 Å². The molecule has 1 amide bonds. The molecule has 0 saturated carbocycles. The predicted octanol–water partition coefficient (Wildman–Crippen LogP) is 2.22. The number of rotatable bonds is 6. The molecular formula is C17H25FN2O2. The van der Waals surface area contributed by atoms with Crippen molar-refractivity contribution < 1.29 is 13.9 Å². The predicted molar refractivity (Wildman–Crippen MR) is 84.5 cm³/mol. The van der Waals surface area contributed by atoms with Crippen molar-refractivity contribution in [1.29, 1.82) is 0 Å². The quantitative estimate of drug-likeness (QED) is 0.876. The van der Waals surface area contributed by atoms with Gasteiger partial charge in [0.2, 0.25) is 5.91 Å². The molecule has 22 heavy (non-hydrogen) atoms. The van der Waals surface area contributed by atoms with Gasteiger partial charge in [0.15, 0.2) is 11.6 Å². The lowest BCUT2D eigenvalue weighted by Crippen LogP contribution is -2.40. The number of halogens is 1. The normalized spacial score (nSPS) is 15.9.